The maximum absolute atomic E-state index is 13.5. The molecule has 0 radical (unpaired) electrons. The van der Waals surface area contributed by atoms with Crippen LogP contribution >= 0.6 is 11.6 Å². The molecule has 4 rings (SSSR count). The van der Waals surface area contributed by atoms with E-state index in [0.29, 0.717) is 18.0 Å². The highest BCUT2D eigenvalue weighted by Gasteiger charge is 2.29. The van der Waals surface area contributed by atoms with Gasteiger partial charge < -0.3 is 5.32 Å². The Morgan fingerprint density at radius 3 is 2.00 bits per heavy atom. The zero-order valence-electron chi connectivity index (χ0n) is 15.4. The van der Waals surface area contributed by atoms with Crippen molar-refractivity contribution in [1.29, 1.82) is 0 Å². The Labute approximate surface area is 170 Å². The Morgan fingerprint density at radius 2 is 1.43 bits per heavy atom. The summed E-state index contributed by atoms with van der Waals surface area (Å²) in [6.45, 7) is 0.659. The number of nitrogens with zero attached hydrogens (tertiary/aromatic N) is 1. The third-order valence-corrected chi connectivity index (χ3v) is 5.15. The Balaban J connectivity index is 1.62. The second kappa shape index (κ2) is 8.42. The normalized spacial score (nSPS) is 16.3. The van der Waals surface area contributed by atoms with Crippen LogP contribution in [0.3, 0.4) is 0 Å². The van der Waals surface area contributed by atoms with Crippen LogP contribution in [0.2, 0.25) is 5.02 Å². The summed E-state index contributed by atoms with van der Waals surface area (Å²) in [6, 6.07) is 27.1. The van der Waals surface area contributed by atoms with Crippen molar-refractivity contribution in [3.05, 3.63) is 102 Å². The highest BCUT2D eigenvalue weighted by Crippen LogP contribution is 2.29. The highest BCUT2D eigenvalue weighted by molar-refractivity contribution is 6.30. The lowest BCUT2D eigenvalue weighted by Gasteiger charge is -2.30. The van der Waals surface area contributed by atoms with E-state index in [1.165, 1.54) is 0 Å². The third kappa shape index (κ3) is 4.01. The minimum atomic E-state index is -0.295. The molecule has 1 heterocycles. The molecule has 3 nitrogen and oxygen atoms in total. The van der Waals surface area contributed by atoms with Crippen LogP contribution in [-0.2, 0) is 4.79 Å². The minimum Gasteiger partial charge on any atom is -0.302 e. The smallest absolute Gasteiger partial charge is 0.249 e. The molecule has 3 aromatic carbocycles. The van der Waals surface area contributed by atoms with Gasteiger partial charge in [-0.15, -0.1) is 0 Å². The molecule has 4 heteroatoms. The number of carbonyl (C=O) groups excluding carboxylic acids is 1. The van der Waals surface area contributed by atoms with Gasteiger partial charge in [0.2, 0.25) is 5.91 Å². The van der Waals surface area contributed by atoms with Crippen molar-refractivity contribution in [2.45, 2.75) is 12.5 Å². The summed E-state index contributed by atoms with van der Waals surface area (Å²) in [5, 5.41) is 4.07. The van der Waals surface area contributed by atoms with Crippen LogP contribution in [0.25, 0.3) is 5.57 Å². The molecule has 28 heavy (non-hydrogen) atoms. The molecule has 1 aliphatic rings. The topological polar surface area (TPSA) is 32.3 Å². The number of hydrogen-bond donors (Lipinski definition) is 1. The first-order chi connectivity index (χ1) is 13.7. The van der Waals surface area contributed by atoms with Gasteiger partial charge in [0.05, 0.1) is 6.04 Å². The van der Waals surface area contributed by atoms with Crippen molar-refractivity contribution in [2.75, 3.05) is 11.4 Å². The van der Waals surface area contributed by atoms with Gasteiger partial charge in [0.1, 0.15) is 0 Å². The second-order valence-corrected chi connectivity index (χ2v) is 7.18. The molecule has 140 valence electrons. The lowest BCUT2D eigenvalue weighted by atomic mass is 9.94. The maximum Gasteiger partial charge on any atom is 0.249 e. The number of carbonyl (C=O) groups is 1. The monoisotopic (exact) mass is 388 g/mol. The first-order valence-electron chi connectivity index (χ1n) is 9.35. The van der Waals surface area contributed by atoms with Crippen molar-refractivity contribution in [3.8, 4) is 0 Å². The number of rotatable bonds is 4. The van der Waals surface area contributed by atoms with E-state index in [9.17, 15) is 4.79 Å². The molecular formula is C24H21ClN2O. The quantitative estimate of drug-likeness (QED) is 0.644. The van der Waals surface area contributed by atoms with E-state index in [1.54, 1.807) is 4.90 Å². The summed E-state index contributed by atoms with van der Waals surface area (Å²) in [7, 11) is 0. The molecule has 0 spiro atoms. The molecule has 1 amide bonds. The number of hydrogen-bond acceptors (Lipinski definition) is 2. The van der Waals surface area contributed by atoms with Gasteiger partial charge in [0.15, 0.2) is 0 Å². The van der Waals surface area contributed by atoms with E-state index in [0.717, 1.165) is 22.5 Å². The average Bonchev–Trinajstić information content (AvgIpc) is 2.76. The molecule has 0 saturated carbocycles. The molecular weight excluding hydrogens is 368 g/mol. The lowest BCUT2D eigenvalue weighted by molar-refractivity contribution is -0.119. The number of amides is 1. The van der Waals surface area contributed by atoms with Gasteiger partial charge in [-0.05, 0) is 54.0 Å². The molecule has 0 aliphatic carbocycles. The van der Waals surface area contributed by atoms with Crippen LogP contribution in [0.5, 0.6) is 0 Å². The fourth-order valence-electron chi connectivity index (χ4n) is 3.49. The average molecular weight is 389 g/mol. The van der Waals surface area contributed by atoms with Crippen LogP contribution in [0.15, 0.2) is 91.0 Å². The highest BCUT2D eigenvalue weighted by atomic mass is 35.5. The Kier molecular flexibility index (Phi) is 5.56. The fourth-order valence-corrected chi connectivity index (χ4v) is 3.61. The third-order valence-electron chi connectivity index (χ3n) is 4.90. The Morgan fingerprint density at radius 1 is 0.857 bits per heavy atom. The van der Waals surface area contributed by atoms with E-state index in [2.05, 4.69) is 11.4 Å². The summed E-state index contributed by atoms with van der Waals surface area (Å²) >= 11 is 6.01. The van der Waals surface area contributed by atoms with Gasteiger partial charge in [-0.1, -0.05) is 66.2 Å². The molecule has 3 aromatic rings. The lowest BCUT2D eigenvalue weighted by Crippen LogP contribution is -2.46. The summed E-state index contributed by atoms with van der Waals surface area (Å²) < 4.78 is 0. The molecule has 0 aromatic heterocycles. The van der Waals surface area contributed by atoms with Gasteiger partial charge in [-0.3, -0.25) is 9.69 Å². The van der Waals surface area contributed by atoms with E-state index in [1.807, 2.05) is 84.9 Å². The molecule has 0 bridgehead atoms. The van der Waals surface area contributed by atoms with Gasteiger partial charge in [-0.25, -0.2) is 0 Å². The minimum absolute atomic E-state index is 0.0389. The van der Waals surface area contributed by atoms with Crippen molar-refractivity contribution >= 4 is 34.5 Å². The predicted molar refractivity (Wildman–Crippen MR) is 116 cm³/mol. The van der Waals surface area contributed by atoms with Crippen LogP contribution in [0, 0.1) is 0 Å². The van der Waals surface area contributed by atoms with Gasteiger partial charge >= 0.3 is 0 Å². The standard InChI is InChI=1S/C24H21ClN2O/c25-20-13-11-18(12-14-20)19-15-16-26-23(17-19)24(28)27(21-7-3-1-4-8-21)22-9-5-2-6-10-22/h1-15,23,26H,16-17H2. The van der Waals surface area contributed by atoms with E-state index in [4.69, 9.17) is 11.6 Å². The number of para-hydroxylation sites is 2. The summed E-state index contributed by atoms with van der Waals surface area (Å²) in [5.74, 6) is 0.0389. The van der Waals surface area contributed by atoms with Crippen LogP contribution < -0.4 is 10.2 Å². The summed E-state index contributed by atoms with van der Waals surface area (Å²) in [6.07, 6.45) is 2.78. The Hall–Kier alpha value is -2.88. The molecule has 0 fully saturated rings. The van der Waals surface area contributed by atoms with Crippen LogP contribution in [0.1, 0.15) is 12.0 Å². The largest absolute Gasteiger partial charge is 0.302 e. The predicted octanol–water partition coefficient (Wildman–Crippen LogP) is 5.45. The zero-order chi connectivity index (χ0) is 19.3. The first-order valence-corrected chi connectivity index (χ1v) is 9.72. The van der Waals surface area contributed by atoms with E-state index < -0.39 is 0 Å². The number of benzene rings is 3. The van der Waals surface area contributed by atoms with Crippen molar-refractivity contribution in [2.24, 2.45) is 0 Å². The van der Waals surface area contributed by atoms with Crippen molar-refractivity contribution in [1.82, 2.24) is 5.32 Å². The molecule has 0 saturated heterocycles. The molecule has 1 atom stereocenters. The first kappa shape index (κ1) is 18.5. The zero-order valence-corrected chi connectivity index (χ0v) is 16.1. The molecule has 1 aliphatic heterocycles. The van der Waals surface area contributed by atoms with Gasteiger partial charge in [-0.2, -0.15) is 0 Å². The van der Waals surface area contributed by atoms with Gasteiger partial charge in [0, 0.05) is 22.9 Å². The summed E-state index contributed by atoms with van der Waals surface area (Å²) in [5.41, 5.74) is 4.00. The SMILES string of the molecule is O=C(C1CC(c2ccc(Cl)cc2)=CCN1)N(c1ccccc1)c1ccccc1. The maximum atomic E-state index is 13.5. The summed E-state index contributed by atoms with van der Waals surface area (Å²) in [4.78, 5) is 15.3. The fraction of sp³-hybridized carbons (Fsp3) is 0.125. The number of halogens is 1. The Bertz CT molecular complexity index is 929. The van der Waals surface area contributed by atoms with E-state index in [-0.39, 0.29) is 11.9 Å². The molecule has 1 N–H and O–H groups in total. The van der Waals surface area contributed by atoms with Crippen molar-refractivity contribution < 1.29 is 4.79 Å². The van der Waals surface area contributed by atoms with E-state index >= 15 is 0 Å². The van der Waals surface area contributed by atoms with Crippen LogP contribution in [0.4, 0.5) is 11.4 Å². The number of anilines is 2. The number of nitrogens with one attached hydrogen (secondary N) is 1. The second-order valence-electron chi connectivity index (χ2n) is 6.75. The van der Waals surface area contributed by atoms with Gasteiger partial charge in [0.25, 0.3) is 0 Å². The molecule has 1 unspecified atom stereocenters. The van der Waals surface area contributed by atoms with Crippen LogP contribution in [-0.4, -0.2) is 18.5 Å². The van der Waals surface area contributed by atoms with Crippen molar-refractivity contribution in [3.63, 3.8) is 0 Å².